The van der Waals surface area contributed by atoms with Crippen molar-refractivity contribution in [2.75, 3.05) is 76.4 Å². The highest BCUT2D eigenvalue weighted by Gasteiger charge is 2.22. The van der Waals surface area contributed by atoms with E-state index in [1.807, 2.05) is 43.0 Å². The molecular weight excluding hydrogens is 478 g/mol. The van der Waals surface area contributed by atoms with Gasteiger partial charge in [0, 0.05) is 63.8 Å². The van der Waals surface area contributed by atoms with Crippen molar-refractivity contribution < 1.29 is 24.0 Å². The molecule has 2 aromatic rings. The minimum absolute atomic E-state index is 0.0659. The first-order valence-corrected chi connectivity index (χ1v) is 12.4. The number of nitrogens with one attached hydrogen (secondary N) is 1. The molecular formula is C26H35N5O6. The number of carbonyl (C=O) groups is 2. The van der Waals surface area contributed by atoms with Gasteiger partial charge in [-0.3, -0.25) is 19.8 Å². The third kappa shape index (κ3) is 7.64. The van der Waals surface area contributed by atoms with E-state index in [1.54, 1.807) is 0 Å². The molecule has 11 nitrogen and oxygen atoms in total. The number of nitro groups is 1. The molecule has 0 saturated carbocycles. The highest BCUT2D eigenvalue weighted by atomic mass is 16.6. The van der Waals surface area contributed by atoms with E-state index in [0.29, 0.717) is 25.3 Å². The van der Waals surface area contributed by atoms with Crippen LogP contribution in [0.3, 0.4) is 0 Å². The topological polar surface area (TPSA) is 117 Å². The second-order valence-corrected chi connectivity index (χ2v) is 8.62. The van der Waals surface area contributed by atoms with Crippen molar-refractivity contribution in [3.8, 4) is 0 Å². The summed E-state index contributed by atoms with van der Waals surface area (Å²) in [6.45, 7) is 9.24. The van der Waals surface area contributed by atoms with Crippen LogP contribution in [-0.2, 0) is 14.3 Å². The van der Waals surface area contributed by atoms with Crippen molar-refractivity contribution in [2.45, 2.75) is 13.8 Å². The number of hydrogen-bond donors (Lipinski definition) is 1. The molecule has 1 amide bonds. The molecule has 37 heavy (non-hydrogen) atoms. The van der Waals surface area contributed by atoms with E-state index in [-0.39, 0.29) is 36.1 Å². The first-order valence-electron chi connectivity index (χ1n) is 12.4. The standard InChI is InChI=1S/C26H35N5O6/c1-4-29(5-2)25(32)19-28-11-13-30(14-12-28)22-8-6-7-21(18-22)27-23-10-9-20(17-24(23)31(34)35)26(33)37-16-15-36-3/h6-10,17-18,27H,4-5,11-16,19H2,1-3H3. The predicted octanol–water partition coefficient (Wildman–Crippen LogP) is 3.13. The fraction of sp³-hybridized carbons (Fsp3) is 0.462. The molecule has 1 heterocycles. The molecule has 1 saturated heterocycles. The third-order valence-electron chi connectivity index (χ3n) is 6.29. The molecule has 2 aromatic carbocycles. The average Bonchev–Trinajstić information content (AvgIpc) is 2.90. The Labute approximate surface area is 217 Å². The molecule has 0 atom stereocenters. The van der Waals surface area contributed by atoms with Gasteiger partial charge in [-0.15, -0.1) is 0 Å². The van der Waals surface area contributed by atoms with Crippen LogP contribution in [0.5, 0.6) is 0 Å². The van der Waals surface area contributed by atoms with Gasteiger partial charge in [0.05, 0.1) is 23.6 Å². The number of carbonyl (C=O) groups excluding carboxylic acids is 2. The highest BCUT2D eigenvalue weighted by Crippen LogP contribution is 2.30. The van der Waals surface area contributed by atoms with Gasteiger partial charge in [0.25, 0.3) is 5.69 Å². The van der Waals surface area contributed by atoms with E-state index in [1.165, 1.54) is 25.3 Å². The first kappa shape index (κ1) is 27.9. The first-order chi connectivity index (χ1) is 17.9. The maximum absolute atomic E-state index is 12.4. The number of anilines is 3. The fourth-order valence-corrected chi connectivity index (χ4v) is 4.18. The molecule has 0 radical (unpaired) electrons. The zero-order valence-electron chi connectivity index (χ0n) is 21.6. The Morgan fingerprint density at radius 3 is 2.43 bits per heavy atom. The highest BCUT2D eigenvalue weighted by molar-refractivity contribution is 5.91. The molecule has 0 unspecified atom stereocenters. The summed E-state index contributed by atoms with van der Waals surface area (Å²) in [5.74, 6) is -0.493. The van der Waals surface area contributed by atoms with Gasteiger partial charge in [-0.25, -0.2) is 4.79 Å². The Bertz CT molecular complexity index is 1080. The molecule has 3 rings (SSSR count). The summed E-state index contributed by atoms with van der Waals surface area (Å²) in [4.78, 5) is 42.0. The Balaban J connectivity index is 1.65. The van der Waals surface area contributed by atoms with E-state index in [0.717, 1.165) is 31.9 Å². The number of esters is 1. The number of nitrogens with zero attached hydrogens (tertiary/aromatic N) is 4. The van der Waals surface area contributed by atoms with E-state index in [4.69, 9.17) is 9.47 Å². The molecule has 0 bridgehead atoms. The zero-order chi connectivity index (χ0) is 26.8. The molecule has 0 aromatic heterocycles. The van der Waals surface area contributed by atoms with Crippen molar-refractivity contribution in [2.24, 2.45) is 0 Å². The van der Waals surface area contributed by atoms with Gasteiger partial charge in [-0.05, 0) is 44.2 Å². The van der Waals surface area contributed by atoms with Crippen LogP contribution in [0.2, 0.25) is 0 Å². The number of likely N-dealkylation sites (N-methyl/N-ethyl adjacent to an activating group) is 1. The van der Waals surface area contributed by atoms with Gasteiger partial charge in [0.15, 0.2) is 0 Å². The maximum atomic E-state index is 12.4. The number of rotatable bonds is 12. The summed E-state index contributed by atoms with van der Waals surface area (Å²) in [6.07, 6.45) is 0. The quantitative estimate of drug-likeness (QED) is 0.198. The molecule has 0 aliphatic carbocycles. The number of amides is 1. The van der Waals surface area contributed by atoms with Crippen LogP contribution in [0, 0.1) is 10.1 Å². The van der Waals surface area contributed by atoms with Gasteiger partial charge < -0.3 is 24.6 Å². The molecule has 1 aliphatic heterocycles. The van der Waals surface area contributed by atoms with Gasteiger partial charge in [0.2, 0.25) is 5.91 Å². The normalized spacial score (nSPS) is 13.8. The second kappa shape index (κ2) is 13.6. The lowest BCUT2D eigenvalue weighted by Crippen LogP contribution is -2.50. The summed E-state index contributed by atoms with van der Waals surface area (Å²) in [5.41, 5.74) is 1.82. The molecule has 1 N–H and O–H groups in total. The largest absolute Gasteiger partial charge is 0.460 e. The van der Waals surface area contributed by atoms with Gasteiger partial charge in [0.1, 0.15) is 12.3 Å². The van der Waals surface area contributed by atoms with E-state index in [2.05, 4.69) is 15.1 Å². The summed E-state index contributed by atoms with van der Waals surface area (Å²) in [5, 5.41) is 14.8. The van der Waals surface area contributed by atoms with Crippen molar-refractivity contribution in [3.05, 3.63) is 58.1 Å². The third-order valence-corrected chi connectivity index (χ3v) is 6.29. The Morgan fingerprint density at radius 2 is 1.78 bits per heavy atom. The fourth-order valence-electron chi connectivity index (χ4n) is 4.18. The number of nitro benzene ring substituents is 1. The maximum Gasteiger partial charge on any atom is 0.338 e. The van der Waals surface area contributed by atoms with Gasteiger partial charge in [-0.1, -0.05) is 6.07 Å². The van der Waals surface area contributed by atoms with Gasteiger partial charge >= 0.3 is 5.97 Å². The smallest absolute Gasteiger partial charge is 0.338 e. The monoisotopic (exact) mass is 513 g/mol. The summed E-state index contributed by atoms with van der Waals surface area (Å²) in [6, 6.07) is 11.9. The van der Waals surface area contributed by atoms with Crippen molar-refractivity contribution >= 4 is 34.6 Å². The molecule has 200 valence electrons. The van der Waals surface area contributed by atoms with Crippen LogP contribution in [0.4, 0.5) is 22.7 Å². The minimum Gasteiger partial charge on any atom is -0.460 e. The minimum atomic E-state index is -0.647. The summed E-state index contributed by atoms with van der Waals surface area (Å²) < 4.78 is 9.91. The average molecular weight is 514 g/mol. The van der Waals surface area contributed by atoms with E-state index in [9.17, 15) is 19.7 Å². The van der Waals surface area contributed by atoms with Crippen molar-refractivity contribution in [3.63, 3.8) is 0 Å². The molecule has 1 fully saturated rings. The number of hydrogen-bond acceptors (Lipinski definition) is 9. The number of piperazine rings is 1. The lowest BCUT2D eigenvalue weighted by Gasteiger charge is -2.36. The predicted molar refractivity (Wildman–Crippen MR) is 142 cm³/mol. The summed E-state index contributed by atoms with van der Waals surface area (Å²) in [7, 11) is 1.49. The summed E-state index contributed by atoms with van der Waals surface area (Å²) >= 11 is 0. The lowest BCUT2D eigenvalue weighted by atomic mass is 10.1. The SMILES string of the molecule is CCN(CC)C(=O)CN1CCN(c2cccc(Nc3ccc(C(=O)OCCOC)cc3[N+](=O)[O-])c2)CC1. The van der Waals surface area contributed by atoms with Crippen molar-refractivity contribution in [1.29, 1.82) is 0 Å². The van der Waals surface area contributed by atoms with Crippen LogP contribution in [0.1, 0.15) is 24.2 Å². The Kier molecular flexibility index (Phi) is 10.2. The van der Waals surface area contributed by atoms with Crippen LogP contribution in [-0.4, -0.2) is 92.7 Å². The Morgan fingerprint density at radius 1 is 1.05 bits per heavy atom. The van der Waals surface area contributed by atoms with Crippen molar-refractivity contribution in [1.82, 2.24) is 9.80 Å². The number of methoxy groups -OCH3 is 1. The molecule has 0 spiro atoms. The van der Waals surface area contributed by atoms with E-state index >= 15 is 0 Å². The lowest BCUT2D eigenvalue weighted by molar-refractivity contribution is -0.383. The van der Waals surface area contributed by atoms with Crippen LogP contribution < -0.4 is 10.2 Å². The van der Waals surface area contributed by atoms with Crippen LogP contribution in [0.15, 0.2) is 42.5 Å². The second-order valence-electron chi connectivity index (χ2n) is 8.62. The molecule has 1 aliphatic rings. The number of ether oxygens (including phenoxy) is 2. The Hall–Kier alpha value is -3.70. The molecule has 11 heteroatoms. The van der Waals surface area contributed by atoms with Gasteiger partial charge in [-0.2, -0.15) is 0 Å². The van der Waals surface area contributed by atoms with Crippen LogP contribution >= 0.6 is 0 Å². The van der Waals surface area contributed by atoms with E-state index < -0.39 is 10.9 Å². The zero-order valence-corrected chi connectivity index (χ0v) is 21.6. The van der Waals surface area contributed by atoms with Crippen LogP contribution in [0.25, 0.3) is 0 Å². The number of benzene rings is 2.